The molecule has 0 bridgehead atoms. The molecule has 108 valence electrons. The van der Waals surface area contributed by atoms with E-state index in [1.807, 2.05) is 41.1 Å². The quantitative estimate of drug-likeness (QED) is 0.777. The second-order valence-electron chi connectivity index (χ2n) is 4.78. The Hall–Kier alpha value is -2.47. The fourth-order valence-electron chi connectivity index (χ4n) is 2.22. The smallest absolute Gasteiger partial charge is 0.157 e. The van der Waals surface area contributed by atoms with E-state index in [0.29, 0.717) is 11.5 Å². The molecule has 2 aromatic heterocycles. The standard InChI is InChI=1S/C15H17N5O/c1-2-9-19-10-8-16-15(19)14(21)13-11-17-20(18-13)12-6-4-3-5-7-12/h3-8,10-11,14,21H,2,9H2,1H3. The van der Waals surface area contributed by atoms with Gasteiger partial charge in [-0.15, -0.1) is 0 Å². The first-order valence-electron chi connectivity index (χ1n) is 6.96. The molecule has 21 heavy (non-hydrogen) atoms. The lowest BCUT2D eigenvalue weighted by molar-refractivity contribution is 0.199. The lowest BCUT2D eigenvalue weighted by Gasteiger charge is -2.10. The number of aliphatic hydroxyl groups is 1. The summed E-state index contributed by atoms with van der Waals surface area (Å²) in [5.41, 5.74) is 1.34. The molecule has 2 heterocycles. The number of aliphatic hydroxyl groups excluding tert-OH is 1. The van der Waals surface area contributed by atoms with E-state index in [4.69, 9.17) is 0 Å². The molecule has 3 aromatic rings. The predicted molar refractivity (Wildman–Crippen MR) is 77.9 cm³/mol. The average Bonchev–Trinajstić information content (AvgIpc) is 3.17. The van der Waals surface area contributed by atoms with E-state index in [-0.39, 0.29) is 0 Å². The zero-order valence-electron chi connectivity index (χ0n) is 11.8. The summed E-state index contributed by atoms with van der Waals surface area (Å²) in [5, 5.41) is 19.0. The van der Waals surface area contributed by atoms with Crippen LogP contribution in [0.4, 0.5) is 0 Å². The minimum atomic E-state index is -0.871. The Morgan fingerprint density at radius 1 is 1.24 bits per heavy atom. The number of imidazole rings is 1. The molecular weight excluding hydrogens is 266 g/mol. The summed E-state index contributed by atoms with van der Waals surface area (Å²) in [6.45, 7) is 2.90. The van der Waals surface area contributed by atoms with Gasteiger partial charge in [0, 0.05) is 18.9 Å². The van der Waals surface area contributed by atoms with Gasteiger partial charge in [0.1, 0.15) is 11.5 Å². The molecule has 1 aromatic carbocycles. The number of rotatable bonds is 5. The third kappa shape index (κ3) is 2.71. The number of hydrogen-bond donors (Lipinski definition) is 1. The molecule has 0 saturated carbocycles. The van der Waals surface area contributed by atoms with Gasteiger partial charge in [-0.3, -0.25) is 0 Å². The van der Waals surface area contributed by atoms with Crippen LogP contribution in [0.3, 0.4) is 0 Å². The third-order valence-corrected chi connectivity index (χ3v) is 3.23. The Labute approximate surface area is 122 Å². The van der Waals surface area contributed by atoms with Crippen molar-refractivity contribution in [1.29, 1.82) is 0 Å². The van der Waals surface area contributed by atoms with E-state index in [0.717, 1.165) is 18.7 Å². The fourth-order valence-corrected chi connectivity index (χ4v) is 2.22. The summed E-state index contributed by atoms with van der Waals surface area (Å²) in [6, 6.07) is 9.60. The summed E-state index contributed by atoms with van der Waals surface area (Å²) in [6.07, 6.45) is 5.23. The Morgan fingerprint density at radius 3 is 2.81 bits per heavy atom. The predicted octanol–water partition coefficient (Wildman–Crippen LogP) is 1.96. The van der Waals surface area contributed by atoms with Gasteiger partial charge in [0.2, 0.25) is 0 Å². The van der Waals surface area contributed by atoms with Crippen LogP contribution < -0.4 is 0 Å². The van der Waals surface area contributed by atoms with Gasteiger partial charge in [-0.1, -0.05) is 25.1 Å². The molecule has 0 aliphatic rings. The van der Waals surface area contributed by atoms with Crippen LogP contribution in [-0.4, -0.2) is 29.7 Å². The van der Waals surface area contributed by atoms with Crippen LogP contribution in [0.1, 0.15) is 31.0 Å². The number of aryl methyl sites for hydroxylation is 1. The van der Waals surface area contributed by atoms with Crippen molar-refractivity contribution in [2.24, 2.45) is 0 Å². The van der Waals surface area contributed by atoms with Crippen molar-refractivity contribution in [3.63, 3.8) is 0 Å². The lowest BCUT2D eigenvalue weighted by atomic mass is 10.2. The molecule has 0 radical (unpaired) electrons. The number of aromatic nitrogens is 5. The number of nitrogens with zero attached hydrogens (tertiary/aromatic N) is 5. The largest absolute Gasteiger partial charge is 0.379 e. The molecule has 1 atom stereocenters. The van der Waals surface area contributed by atoms with Gasteiger partial charge < -0.3 is 9.67 Å². The van der Waals surface area contributed by atoms with Crippen molar-refractivity contribution < 1.29 is 5.11 Å². The molecule has 3 rings (SSSR count). The maximum atomic E-state index is 10.4. The monoisotopic (exact) mass is 283 g/mol. The number of para-hydroxylation sites is 1. The second kappa shape index (κ2) is 5.88. The number of benzene rings is 1. The van der Waals surface area contributed by atoms with E-state index in [9.17, 15) is 5.11 Å². The van der Waals surface area contributed by atoms with Crippen molar-refractivity contribution in [1.82, 2.24) is 24.5 Å². The summed E-state index contributed by atoms with van der Waals surface area (Å²) in [7, 11) is 0. The first-order valence-corrected chi connectivity index (χ1v) is 6.96. The summed E-state index contributed by atoms with van der Waals surface area (Å²) >= 11 is 0. The first kappa shape index (κ1) is 13.5. The van der Waals surface area contributed by atoms with Crippen LogP contribution in [-0.2, 0) is 6.54 Å². The van der Waals surface area contributed by atoms with Gasteiger partial charge in [-0.2, -0.15) is 15.0 Å². The van der Waals surface area contributed by atoms with Crippen LogP contribution >= 0.6 is 0 Å². The Bertz CT molecular complexity index is 704. The average molecular weight is 283 g/mol. The first-order chi connectivity index (χ1) is 10.3. The van der Waals surface area contributed by atoms with Gasteiger partial charge >= 0.3 is 0 Å². The van der Waals surface area contributed by atoms with E-state index in [1.54, 1.807) is 12.4 Å². The molecule has 6 heteroatoms. The number of hydrogen-bond acceptors (Lipinski definition) is 4. The molecule has 6 nitrogen and oxygen atoms in total. The highest BCUT2D eigenvalue weighted by Gasteiger charge is 2.19. The normalized spacial score (nSPS) is 12.5. The van der Waals surface area contributed by atoms with Crippen LogP contribution in [0.15, 0.2) is 48.9 Å². The van der Waals surface area contributed by atoms with Crippen LogP contribution in [0.25, 0.3) is 5.69 Å². The van der Waals surface area contributed by atoms with Crippen molar-refractivity contribution in [3.05, 3.63) is 60.4 Å². The van der Waals surface area contributed by atoms with Crippen molar-refractivity contribution in [2.75, 3.05) is 0 Å². The van der Waals surface area contributed by atoms with Crippen molar-refractivity contribution in [3.8, 4) is 5.69 Å². The van der Waals surface area contributed by atoms with Gasteiger partial charge in [0.25, 0.3) is 0 Å². The molecule has 0 spiro atoms. The topological polar surface area (TPSA) is 68.8 Å². The molecule has 0 aliphatic carbocycles. The molecular formula is C15H17N5O. The molecule has 0 aliphatic heterocycles. The highest BCUT2D eigenvalue weighted by atomic mass is 16.3. The maximum Gasteiger partial charge on any atom is 0.157 e. The maximum absolute atomic E-state index is 10.4. The van der Waals surface area contributed by atoms with E-state index >= 15 is 0 Å². The highest BCUT2D eigenvalue weighted by Crippen LogP contribution is 2.19. The molecule has 0 fully saturated rings. The Balaban J connectivity index is 1.87. The van der Waals surface area contributed by atoms with Crippen molar-refractivity contribution in [2.45, 2.75) is 26.0 Å². The van der Waals surface area contributed by atoms with Gasteiger partial charge in [-0.25, -0.2) is 4.98 Å². The van der Waals surface area contributed by atoms with Gasteiger partial charge in [0.15, 0.2) is 6.10 Å². The molecule has 0 saturated heterocycles. The summed E-state index contributed by atoms with van der Waals surface area (Å²) < 4.78 is 1.94. The van der Waals surface area contributed by atoms with Gasteiger partial charge in [-0.05, 0) is 18.6 Å². The summed E-state index contributed by atoms with van der Waals surface area (Å²) in [4.78, 5) is 5.73. The zero-order valence-corrected chi connectivity index (χ0v) is 11.8. The Kier molecular flexibility index (Phi) is 3.79. The fraction of sp³-hybridized carbons (Fsp3) is 0.267. The second-order valence-corrected chi connectivity index (χ2v) is 4.78. The highest BCUT2D eigenvalue weighted by molar-refractivity contribution is 5.28. The zero-order chi connectivity index (χ0) is 14.7. The summed E-state index contributed by atoms with van der Waals surface area (Å²) in [5.74, 6) is 0.594. The molecule has 1 unspecified atom stereocenters. The van der Waals surface area contributed by atoms with Crippen molar-refractivity contribution >= 4 is 0 Å². The van der Waals surface area contributed by atoms with Crippen LogP contribution in [0, 0.1) is 0 Å². The van der Waals surface area contributed by atoms with E-state index < -0.39 is 6.10 Å². The van der Waals surface area contributed by atoms with Crippen LogP contribution in [0.5, 0.6) is 0 Å². The minimum absolute atomic E-state index is 0.488. The Morgan fingerprint density at radius 2 is 2.05 bits per heavy atom. The van der Waals surface area contributed by atoms with E-state index in [1.165, 1.54) is 4.80 Å². The van der Waals surface area contributed by atoms with Gasteiger partial charge in [0.05, 0.1) is 11.9 Å². The SMILES string of the molecule is CCCn1ccnc1C(O)c1cnn(-c2ccccc2)n1. The third-order valence-electron chi connectivity index (χ3n) is 3.23. The molecule has 0 amide bonds. The molecule has 1 N–H and O–H groups in total. The minimum Gasteiger partial charge on any atom is -0.379 e. The van der Waals surface area contributed by atoms with Crippen LogP contribution in [0.2, 0.25) is 0 Å². The lowest BCUT2D eigenvalue weighted by Crippen LogP contribution is -2.10. The van der Waals surface area contributed by atoms with E-state index in [2.05, 4.69) is 22.1 Å².